The Hall–Kier alpha value is -4.18. The van der Waals surface area contributed by atoms with Crippen molar-refractivity contribution in [3.8, 4) is 11.4 Å². The van der Waals surface area contributed by atoms with Gasteiger partial charge in [0.2, 0.25) is 5.78 Å². The number of methoxy groups -OCH3 is 1. The first-order valence-electron chi connectivity index (χ1n) is 10.8. The predicted molar refractivity (Wildman–Crippen MR) is 135 cm³/mol. The molecule has 1 atom stereocenters. The summed E-state index contributed by atoms with van der Waals surface area (Å²) < 4.78 is 8.91. The first-order valence-corrected chi connectivity index (χ1v) is 11.7. The van der Waals surface area contributed by atoms with Crippen LogP contribution in [-0.4, -0.2) is 31.2 Å². The molecular weight excluding hydrogens is 466 g/mol. The van der Waals surface area contributed by atoms with Crippen LogP contribution in [-0.2, 0) is 0 Å². The first kappa shape index (κ1) is 22.6. The molecule has 10 heteroatoms. The number of ether oxygens (including phenoxy) is 1. The van der Waals surface area contributed by atoms with E-state index in [9.17, 15) is 14.9 Å². The Labute approximate surface area is 204 Å². The van der Waals surface area contributed by atoms with Crippen molar-refractivity contribution in [2.45, 2.75) is 24.3 Å². The summed E-state index contributed by atoms with van der Waals surface area (Å²) in [6.07, 6.45) is 0. The highest BCUT2D eigenvalue weighted by atomic mass is 32.2. The molecule has 35 heavy (non-hydrogen) atoms. The number of nitrogens with zero attached hydrogens (tertiary/aromatic N) is 5. The molecule has 3 aromatic carbocycles. The largest absolute Gasteiger partial charge is 0.495 e. The smallest absolute Gasteiger partial charge is 0.269 e. The second-order valence-corrected chi connectivity index (χ2v) is 9.37. The van der Waals surface area contributed by atoms with Crippen molar-refractivity contribution in [3.63, 3.8) is 0 Å². The van der Waals surface area contributed by atoms with Crippen LogP contribution in [0, 0.1) is 17.0 Å². The van der Waals surface area contributed by atoms with Crippen molar-refractivity contribution in [2.24, 2.45) is 0 Å². The molecule has 0 bridgehead atoms. The summed E-state index contributed by atoms with van der Waals surface area (Å²) in [5.41, 5.74) is 2.81. The molecule has 0 saturated heterocycles. The molecule has 2 heterocycles. The molecule has 0 amide bonds. The molecule has 0 aliphatic carbocycles. The molecule has 0 saturated carbocycles. The summed E-state index contributed by atoms with van der Waals surface area (Å²) in [7, 11) is 1.56. The summed E-state index contributed by atoms with van der Waals surface area (Å²) in [5, 5.41) is 20.9. The van der Waals surface area contributed by atoms with Crippen molar-refractivity contribution in [1.29, 1.82) is 0 Å². The quantitative estimate of drug-likeness (QED) is 0.186. The summed E-state index contributed by atoms with van der Waals surface area (Å²) in [6, 6.07) is 19.5. The standard InChI is InChI=1S/C25H21N5O4S/c1-15-11-12-22(34-3)21(13-15)28-23(31)19-9-4-5-10-20(19)29-24(28)26-27-25(29)35-16(2)17-7-6-8-18(14-17)30(32)33/h4-14,16H,1-3H3. The molecule has 0 radical (unpaired) electrons. The van der Waals surface area contributed by atoms with E-state index in [1.807, 2.05) is 60.7 Å². The Bertz CT molecular complexity index is 1660. The van der Waals surface area contributed by atoms with E-state index in [1.165, 1.54) is 22.4 Å². The molecule has 0 aliphatic heterocycles. The first-order chi connectivity index (χ1) is 16.9. The van der Waals surface area contributed by atoms with Crippen LogP contribution < -0.4 is 10.3 Å². The molecule has 176 valence electrons. The van der Waals surface area contributed by atoms with E-state index in [0.717, 1.165) is 11.1 Å². The number of aryl methyl sites for hydroxylation is 1. The third-order valence-corrected chi connectivity index (χ3v) is 6.90. The van der Waals surface area contributed by atoms with Crippen molar-refractivity contribution < 1.29 is 9.66 Å². The molecular formula is C25H21N5O4S. The van der Waals surface area contributed by atoms with Gasteiger partial charge in [-0.2, -0.15) is 0 Å². The number of non-ortho nitro benzene ring substituents is 1. The fourth-order valence-corrected chi connectivity index (χ4v) is 5.04. The minimum absolute atomic E-state index is 0.0342. The highest BCUT2D eigenvalue weighted by molar-refractivity contribution is 7.99. The molecule has 2 aromatic heterocycles. The summed E-state index contributed by atoms with van der Waals surface area (Å²) in [6.45, 7) is 3.89. The maximum absolute atomic E-state index is 13.6. The van der Waals surface area contributed by atoms with Crippen molar-refractivity contribution in [1.82, 2.24) is 19.2 Å². The second-order valence-electron chi connectivity index (χ2n) is 8.06. The third-order valence-electron chi connectivity index (χ3n) is 5.80. The molecule has 5 aromatic rings. The van der Waals surface area contributed by atoms with E-state index in [1.54, 1.807) is 25.3 Å². The van der Waals surface area contributed by atoms with Gasteiger partial charge in [-0.05, 0) is 49.2 Å². The van der Waals surface area contributed by atoms with E-state index in [4.69, 9.17) is 4.74 Å². The number of fused-ring (bicyclic) bond motifs is 3. The number of nitro benzene ring substituents is 1. The van der Waals surface area contributed by atoms with Crippen molar-refractivity contribution in [2.75, 3.05) is 7.11 Å². The van der Waals surface area contributed by atoms with Gasteiger partial charge < -0.3 is 4.74 Å². The molecule has 0 aliphatic rings. The highest BCUT2D eigenvalue weighted by Gasteiger charge is 2.22. The van der Waals surface area contributed by atoms with Gasteiger partial charge in [-0.3, -0.25) is 19.3 Å². The van der Waals surface area contributed by atoms with Gasteiger partial charge >= 0.3 is 0 Å². The van der Waals surface area contributed by atoms with Crippen molar-refractivity contribution in [3.05, 3.63) is 98.3 Å². The van der Waals surface area contributed by atoms with Gasteiger partial charge in [0.05, 0.1) is 28.6 Å². The number of hydrogen-bond donors (Lipinski definition) is 0. The minimum atomic E-state index is -0.408. The molecule has 0 fully saturated rings. The van der Waals surface area contributed by atoms with E-state index < -0.39 is 4.92 Å². The molecule has 5 rings (SSSR count). The van der Waals surface area contributed by atoms with Gasteiger partial charge in [0.15, 0.2) is 5.16 Å². The maximum Gasteiger partial charge on any atom is 0.269 e. The van der Waals surface area contributed by atoms with Crippen molar-refractivity contribution >= 4 is 34.1 Å². The van der Waals surface area contributed by atoms with Crippen LogP contribution in [0.5, 0.6) is 5.75 Å². The topological polar surface area (TPSA) is 105 Å². The van der Waals surface area contributed by atoms with Gasteiger partial charge in [0, 0.05) is 17.4 Å². The number of para-hydroxylation sites is 1. The second kappa shape index (κ2) is 8.88. The lowest BCUT2D eigenvalue weighted by Crippen LogP contribution is -2.22. The van der Waals surface area contributed by atoms with E-state index in [2.05, 4.69) is 10.2 Å². The van der Waals surface area contributed by atoms with Gasteiger partial charge in [-0.25, -0.2) is 4.57 Å². The van der Waals surface area contributed by atoms with E-state index in [0.29, 0.717) is 33.3 Å². The van der Waals surface area contributed by atoms with Gasteiger partial charge in [-0.15, -0.1) is 10.2 Å². The minimum Gasteiger partial charge on any atom is -0.495 e. The molecule has 0 N–H and O–H groups in total. The number of rotatable bonds is 6. The zero-order chi connectivity index (χ0) is 24.7. The van der Waals surface area contributed by atoms with Crippen LogP contribution in [0.15, 0.2) is 76.7 Å². The normalized spacial score (nSPS) is 12.2. The van der Waals surface area contributed by atoms with Gasteiger partial charge in [0.1, 0.15) is 5.75 Å². The third kappa shape index (κ3) is 3.91. The number of aromatic nitrogens is 4. The average molecular weight is 488 g/mol. The summed E-state index contributed by atoms with van der Waals surface area (Å²) in [4.78, 5) is 24.4. The Morgan fingerprint density at radius 3 is 2.63 bits per heavy atom. The van der Waals surface area contributed by atoms with Gasteiger partial charge in [-0.1, -0.05) is 42.1 Å². The number of nitro groups is 1. The lowest BCUT2D eigenvalue weighted by atomic mass is 10.1. The fraction of sp³-hybridized carbons (Fsp3) is 0.160. The van der Waals surface area contributed by atoms with Crippen LogP contribution in [0.2, 0.25) is 0 Å². The lowest BCUT2D eigenvalue weighted by Gasteiger charge is -2.15. The SMILES string of the molecule is COc1ccc(C)cc1-n1c(=O)c2ccccc2n2c(SC(C)c3cccc([N+](=O)[O-])c3)nnc12. The Morgan fingerprint density at radius 2 is 1.86 bits per heavy atom. The van der Waals surface area contributed by atoms with Crippen LogP contribution in [0.3, 0.4) is 0 Å². The zero-order valence-electron chi connectivity index (χ0n) is 19.2. The number of thioether (sulfide) groups is 1. The predicted octanol–water partition coefficient (Wildman–Crippen LogP) is 5.11. The summed E-state index contributed by atoms with van der Waals surface area (Å²) >= 11 is 1.41. The average Bonchev–Trinajstić information content (AvgIpc) is 3.27. The maximum atomic E-state index is 13.6. The van der Waals surface area contributed by atoms with Crippen LogP contribution in [0.4, 0.5) is 5.69 Å². The Kier molecular flexibility index (Phi) is 5.73. The van der Waals surface area contributed by atoms with E-state index in [-0.39, 0.29) is 16.5 Å². The number of benzene rings is 3. The van der Waals surface area contributed by atoms with Crippen LogP contribution in [0.25, 0.3) is 22.4 Å². The Morgan fingerprint density at radius 1 is 1.06 bits per heavy atom. The molecule has 0 spiro atoms. The molecule has 9 nitrogen and oxygen atoms in total. The van der Waals surface area contributed by atoms with Crippen LogP contribution >= 0.6 is 11.8 Å². The monoisotopic (exact) mass is 487 g/mol. The molecule has 1 unspecified atom stereocenters. The zero-order valence-corrected chi connectivity index (χ0v) is 20.0. The van der Waals surface area contributed by atoms with E-state index >= 15 is 0 Å². The van der Waals surface area contributed by atoms with Gasteiger partial charge in [0.25, 0.3) is 11.2 Å². The number of hydrogen-bond acceptors (Lipinski definition) is 7. The highest BCUT2D eigenvalue weighted by Crippen LogP contribution is 2.36. The van der Waals surface area contributed by atoms with Crippen LogP contribution in [0.1, 0.15) is 23.3 Å². The Balaban J connectivity index is 1.73. The fourth-order valence-electron chi connectivity index (χ4n) is 4.06. The summed E-state index contributed by atoms with van der Waals surface area (Å²) in [5.74, 6) is 0.892. The lowest BCUT2D eigenvalue weighted by molar-refractivity contribution is -0.384.